The third-order valence-electron chi connectivity index (χ3n) is 7.82. The van der Waals surface area contributed by atoms with Gasteiger partial charge in [0.2, 0.25) is 0 Å². The Labute approximate surface area is 201 Å². The summed E-state index contributed by atoms with van der Waals surface area (Å²) in [6, 6.07) is 38.2. The van der Waals surface area contributed by atoms with E-state index in [1.54, 1.807) is 0 Å². The molecular formula is C30H28O2P2. The molecule has 0 amide bonds. The van der Waals surface area contributed by atoms with Crippen molar-refractivity contribution in [2.24, 2.45) is 0 Å². The van der Waals surface area contributed by atoms with Gasteiger partial charge in [-0.3, -0.25) is 0 Å². The Bertz CT molecular complexity index is 1360. The van der Waals surface area contributed by atoms with Gasteiger partial charge in [0, 0.05) is 32.5 Å². The third-order valence-corrected chi connectivity index (χ3v) is 15.4. The summed E-state index contributed by atoms with van der Waals surface area (Å²) in [7, 11) is -6.08. The summed E-state index contributed by atoms with van der Waals surface area (Å²) in [4.78, 5) is 0. The molecule has 1 saturated carbocycles. The molecule has 2 nitrogen and oxygen atoms in total. The Morgan fingerprint density at radius 1 is 0.647 bits per heavy atom. The van der Waals surface area contributed by atoms with E-state index >= 15 is 9.13 Å². The lowest BCUT2D eigenvalue weighted by Gasteiger charge is -2.41. The number of benzene rings is 4. The fourth-order valence-corrected chi connectivity index (χ4v) is 15.0. The largest absolute Gasteiger partial charge is 0.313 e. The quantitative estimate of drug-likeness (QED) is 0.333. The van der Waals surface area contributed by atoms with Gasteiger partial charge in [-0.2, -0.15) is 0 Å². The van der Waals surface area contributed by atoms with Crippen molar-refractivity contribution in [3.63, 3.8) is 0 Å². The molecule has 0 radical (unpaired) electrons. The van der Waals surface area contributed by atoms with Crippen molar-refractivity contribution < 1.29 is 9.13 Å². The van der Waals surface area contributed by atoms with E-state index in [-0.39, 0.29) is 17.2 Å². The first-order valence-corrected chi connectivity index (χ1v) is 15.7. The highest BCUT2D eigenvalue weighted by Crippen LogP contribution is 2.70. The van der Waals surface area contributed by atoms with Crippen molar-refractivity contribution in [2.45, 2.75) is 36.5 Å². The van der Waals surface area contributed by atoms with Crippen molar-refractivity contribution in [3.05, 3.63) is 121 Å². The van der Waals surface area contributed by atoms with Crippen LogP contribution in [0.3, 0.4) is 0 Å². The first-order chi connectivity index (χ1) is 16.6. The lowest BCUT2D eigenvalue weighted by molar-refractivity contribution is 0.443. The van der Waals surface area contributed by atoms with Crippen LogP contribution in [0.15, 0.2) is 115 Å². The fraction of sp³-hybridized carbons (Fsp3) is 0.200. The Kier molecular flexibility index (Phi) is 5.48. The summed E-state index contributed by atoms with van der Waals surface area (Å²) in [5.74, 6) is 0.168. The van der Waals surface area contributed by atoms with Crippen LogP contribution in [0.5, 0.6) is 0 Å². The first-order valence-electron chi connectivity index (χ1n) is 12.1. The minimum Gasteiger partial charge on any atom is -0.313 e. The van der Waals surface area contributed by atoms with Crippen LogP contribution in [-0.2, 0) is 9.13 Å². The van der Waals surface area contributed by atoms with Crippen molar-refractivity contribution in [3.8, 4) is 0 Å². The van der Waals surface area contributed by atoms with E-state index in [4.69, 9.17) is 0 Å². The average Bonchev–Trinajstić information content (AvgIpc) is 3.19. The fourth-order valence-electron chi connectivity index (χ4n) is 6.44. The predicted octanol–water partition coefficient (Wildman–Crippen LogP) is 6.03. The molecule has 0 aromatic heterocycles. The lowest BCUT2D eigenvalue weighted by atomic mass is 9.83. The summed E-state index contributed by atoms with van der Waals surface area (Å²) in [6.45, 7) is 0. The molecule has 2 aliphatic rings. The van der Waals surface area contributed by atoms with Crippen LogP contribution in [0.1, 0.15) is 30.7 Å². The van der Waals surface area contributed by atoms with E-state index in [1.165, 1.54) is 5.56 Å². The van der Waals surface area contributed by atoms with Crippen LogP contribution in [0.2, 0.25) is 0 Å². The van der Waals surface area contributed by atoms with Gasteiger partial charge in [-0.1, -0.05) is 122 Å². The molecule has 0 N–H and O–H groups in total. The Morgan fingerprint density at radius 3 is 1.79 bits per heavy atom. The van der Waals surface area contributed by atoms with Crippen molar-refractivity contribution in [2.75, 3.05) is 0 Å². The standard InChI is InChI=1S/C30H28O2P2/c31-33(23-13-4-1-5-14-23,24-15-6-2-7-16-24)29-22-12-20-27-26-19-10-11-21-28(26)34(32,30(27)29)25-17-8-3-9-18-25/h1-11,13-19,21,27,29-30H,12,20,22H2/t27-,29+,30+,34+/m0/s1. The van der Waals surface area contributed by atoms with Crippen molar-refractivity contribution in [1.82, 2.24) is 0 Å². The normalized spacial score (nSPS) is 25.9. The maximum atomic E-state index is 15.5. The van der Waals surface area contributed by atoms with Crippen LogP contribution >= 0.6 is 14.3 Å². The van der Waals surface area contributed by atoms with Gasteiger partial charge in [0.25, 0.3) is 0 Å². The summed E-state index contributed by atoms with van der Waals surface area (Å²) in [5, 5.41) is 3.63. The van der Waals surface area contributed by atoms with Crippen LogP contribution in [0.25, 0.3) is 0 Å². The van der Waals surface area contributed by atoms with Crippen LogP contribution in [-0.4, -0.2) is 11.3 Å². The second-order valence-corrected chi connectivity index (χ2v) is 15.4. The average molecular weight is 483 g/mol. The molecule has 1 fully saturated rings. The highest BCUT2D eigenvalue weighted by atomic mass is 31.2. The Balaban J connectivity index is 1.62. The second kappa shape index (κ2) is 8.53. The molecule has 4 aromatic carbocycles. The van der Waals surface area contributed by atoms with Gasteiger partial charge in [0.1, 0.15) is 14.3 Å². The Morgan fingerprint density at radius 2 is 1.18 bits per heavy atom. The molecule has 170 valence electrons. The molecular weight excluding hydrogens is 454 g/mol. The SMILES string of the molecule is O=P(c1ccccc1)(c1ccccc1)[C@@H]1CCC[C@H]2c3ccccc3[P@](=O)(c3ccccc3)[C@@H]12. The van der Waals surface area contributed by atoms with Gasteiger partial charge in [-0.15, -0.1) is 0 Å². The summed E-state index contributed by atoms with van der Waals surface area (Å²) in [6.07, 6.45) is 2.82. The zero-order chi connectivity index (χ0) is 23.2. The molecule has 6 rings (SSSR count). The van der Waals surface area contributed by atoms with E-state index < -0.39 is 14.3 Å². The summed E-state index contributed by atoms with van der Waals surface area (Å²) < 4.78 is 30.9. The third kappa shape index (κ3) is 3.16. The summed E-state index contributed by atoms with van der Waals surface area (Å²) >= 11 is 0. The van der Waals surface area contributed by atoms with Crippen LogP contribution < -0.4 is 21.2 Å². The maximum absolute atomic E-state index is 15.5. The minimum absolute atomic E-state index is 0.160. The molecule has 0 bridgehead atoms. The molecule has 1 heterocycles. The zero-order valence-electron chi connectivity index (χ0n) is 19.0. The van der Waals surface area contributed by atoms with Crippen LogP contribution in [0, 0.1) is 0 Å². The number of fused-ring (bicyclic) bond motifs is 3. The molecule has 4 atom stereocenters. The predicted molar refractivity (Wildman–Crippen MR) is 144 cm³/mol. The second-order valence-electron chi connectivity index (χ2n) is 9.48. The minimum atomic E-state index is -3.07. The zero-order valence-corrected chi connectivity index (χ0v) is 20.8. The summed E-state index contributed by atoms with van der Waals surface area (Å²) in [5.41, 5.74) is 0.874. The molecule has 1 aliphatic heterocycles. The van der Waals surface area contributed by atoms with Crippen LogP contribution in [0.4, 0.5) is 0 Å². The highest BCUT2D eigenvalue weighted by molar-refractivity contribution is 7.83. The first kappa shape index (κ1) is 21.8. The molecule has 4 heteroatoms. The number of rotatable bonds is 4. The monoisotopic (exact) mass is 482 g/mol. The number of hydrogen-bond acceptors (Lipinski definition) is 2. The maximum Gasteiger partial charge on any atom is 0.147 e. The van der Waals surface area contributed by atoms with E-state index in [2.05, 4.69) is 18.2 Å². The molecule has 34 heavy (non-hydrogen) atoms. The molecule has 1 aliphatic carbocycles. The molecule has 0 spiro atoms. The lowest BCUT2D eigenvalue weighted by Crippen LogP contribution is -2.40. The molecule has 4 aromatic rings. The van der Waals surface area contributed by atoms with E-state index in [1.807, 2.05) is 97.1 Å². The molecule has 0 unspecified atom stereocenters. The van der Waals surface area contributed by atoms with Gasteiger partial charge in [-0.05, 0) is 24.3 Å². The van der Waals surface area contributed by atoms with Gasteiger partial charge >= 0.3 is 0 Å². The van der Waals surface area contributed by atoms with Crippen molar-refractivity contribution in [1.29, 1.82) is 0 Å². The van der Waals surface area contributed by atoms with Crippen molar-refractivity contribution >= 4 is 35.5 Å². The Hall–Kier alpha value is -2.66. The van der Waals surface area contributed by atoms with E-state index in [9.17, 15) is 0 Å². The van der Waals surface area contributed by atoms with Gasteiger partial charge in [0.05, 0.1) is 0 Å². The van der Waals surface area contributed by atoms with E-state index in [0.717, 1.165) is 40.5 Å². The molecule has 0 saturated heterocycles. The number of hydrogen-bond donors (Lipinski definition) is 0. The van der Waals surface area contributed by atoms with E-state index in [0.29, 0.717) is 0 Å². The van der Waals surface area contributed by atoms with Gasteiger partial charge < -0.3 is 9.13 Å². The van der Waals surface area contributed by atoms with Gasteiger partial charge in [0.15, 0.2) is 0 Å². The smallest absolute Gasteiger partial charge is 0.147 e. The topological polar surface area (TPSA) is 34.1 Å². The van der Waals surface area contributed by atoms with Gasteiger partial charge in [-0.25, -0.2) is 0 Å². The highest BCUT2D eigenvalue weighted by Gasteiger charge is 2.58.